The first-order chi connectivity index (χ1) is 9.69. The highest BCUT2D eigenvalue weighted by atomic mass is 16.5. The van der Waals surface area contributed by atoms with Gasteiger partial charge in [0.25, 0.3) is 0 Å². The van der Waals surface area contributed by atoms with Crippen molar-refractivity contribution >= 4 is 13.3 Å². The highest BCUT2D eigenvalue weighted by Crippen LogP contribution is 2.22. The van der Waals surface area contributed by atoms with Gasteiger partial charge in [0.1, 0.15) is 20.2 Å². The second-order valence-electron chi connectivity index (χ2n) is 5.89. The largest absolute Gasteiger partial charge is 0.492 e. The summed E-state index contributed by atoms with van der Waals surface area (Å²) in [5.41, 5.74) is 2.60. The minimum absolute atomic E-state index is 0.620. The van der Waals surface area contributed by atoms with E-state index in [1.165, 1.54) is 43.4 Å². The maximum Gasteiger partial charge on any atom is 0.144 e. The molecule has 4 heteroatoms. The molecule has 0 aromatic heterocycles. The normalized spacial score (nSPS) is 17.3. The third-order valence-electron chi connectivity index (χ3n) is 4.16. The molecule has 1 fully saturated rings. The zero-order chi connectivity index (χ0) is 14.4. The van der Waals surface area contributed by atoms with E-state index >= 15 is 0 Å². The van der Waals surface area contributed by atoms with Gasteiger partial charge in [0.2, 0.25) is 0 Å². The number of hydrogen-bond acceptors (Lipinski definition) is 3. The topological polar surface area (TPSA) is 21.7 Å². The molecule has 1 aromatic rings. The Morgan fingerprint density at radius 3 is 2.70 bits per heavy atom. The molecule has 1 heterocycles. The molecule has 1 aliphatic heterocycles. The Morgan fingerprint density at radius 2 is 2.00 bits per heavy atom. The van der Waals surface area contributed by atoms with Gasteiger partial charge < -0.3 is 14.4 Å². The number of nitrogens with zero attached hydrogens (tertiary/aromatic N) is 1. The van der Waals surface area contributed by atoms with Crippen LogP contribution in [0.2, 0.25) is 0 Å². The van der Waals surface area contributed by atoms with Gasteiger partial charge in [0, 0.05) is 7.11 Å². The monoisotopic (exact) mass is 275 g/mol. The number of ether oxygens (including phenoxy) is 2. The van der Waals surface area contributed by atoms with Gasteiger partial charge in [-0.1, -0.05) is 12.1 Å². The first-order valence-electron chi connectivity index (χ1n) is 7.59. The van der Waals surface area contributed by atoms with Gasteiger partial charge >= 0.3 is 0 Å². The predicted octanol–water partition coefficient (Wildman–Crippen LogP) is 0.855. The van der Waals surface area contributed by atoms with Crippen molar-refractivity contribution in [3.63, 3.8) is 0 Å². The van der Waals surface area contributed by atoms with Crippen LogP contribution in [-0.4, -0.2) is 53.2 Å². The van der Waals surface area contributed by atoms with Crippen molar-refractivity contribution in [2.24, 2.45) is 5.92 Å². The Labute approximate surface area is 123 Å². The zero-order valence-corrected chi connectivity index (χ0v) is 13.0. The van der Waals surface area contributed by atoms with Crippen LogP contribution in [-0.2, 0) is 11.2 Å². The minimum atomic E-state index is 0.620. The number of piperidine rings is 1. The molecule has 1 aliphatic rings. The molecule has 0 bridgehead atoms. The van der Waals surface area contributed by atoms with Crippen LogP contribution in [0.1, 0.15) is 18.4 Å². The predicted molar refractivity (Wildman–Crippen MR) is 85.9 cm³/mol. The molecular weight excluding hydrogens is 249 g/mol. The van der Waals surface area contributed by atoms with Crippen molar-refractivity contribution in [3.05, 3.63) is 23.8 Å². The average molecular weight is 275 g/mol. The Bertz CT molecular complexity index is 417. The third kappa shape index (κ3) is 4.53. The standard InChI is InChI=1S/C16H26BNO2/c1-18-7-5-13(6-8-18)11-14-3-4-15(17)16(12-14)20-10-9-19-2/h3-4,12-13H,5-11,17H2,1-2H3. The summed E-state index contributed by atoms with van der Waals surface area (Å²) in [5.74, 6) is 1.83. The van der Waals surface area contributed by atoms with E-state index in [0.717, 1.165) is 11.7 Å². The van der Waals surface area contributed by atoms with Crippen LogP contribution in [0.4, 0.5) is 0 Å². The van der Waals surface area contributed by atoms with Crippen LogP contribution in [0.15, 0.2) is 18.2 Å². The lowest BCUT2D eigenvalue weighted by molar-refractivity contribution is 0.147. The van der Waals surface area contributed by atoms with Gasteiger partial charge in [0.15, 0.2) is 0 Å². The first kappa shape index (κ1) is 15.4. The number of hydrogen-bond donors (Lipinski definition) is 0. The van der Waals surface area contributed by atoms with E-state index in [9.17, 15) is 0 Å². The van der Waals surface area contributed by atoms with Gasteiger partial charge in [-0.25, -0.2) is 0 Å². The fourth-order valence-electron chi connectivity index (χ4n) is 2.76. The van der Waals surface area contributed by atoms with Crippen molar-refractivity contribution in [2.75, 3.05) is 40.5 Å². The molecule has 0 amide bonds. The SMILES string of the molecule is Bc1ccc(CC2CCN(C)CC2)cc1OCCOC. The lowest BCUT2D eigenvalue weighted by atomic mass is 9.88. The summed E-state index contributed by atoms with van der Waals surface area (Å²) in [5, 5.41) is 0. The van der Waals surface area contributed by atoms with Crippen molar-refractivity contribution in [2.45, 2.75) is 19.3 Å². The van der Waals surface area contributed by atoms with E-state index in [2.05, 4.69) is 38.0 Å². The van der Waals surface area contributed by atoms with Crippen LogP contribution >= 0.6 is 0 Å². The Hall–Kier alpha value is -0.995. The van der Waals surface area contributed by atoms with Crippen LogP contribution < -0.4 is 10.2 Å². The fraction of sp³-hybridized carbons (Fsp3) is 0.625. The molecule has 0 atom stereocenters. The number of likely N-dealkylation sites (tertiary alicyclic amines) is 1. The van der Waals surface area contributed by atoms with Gasteiger partial charge in [-0.05, 0) is 62.4 Å². The molecular formula is C16H26BNO2. The Morgan fingerprint density at radius 1 is 1.25 bits per heavy atom. The molecule has 0 unspecified atom stereocenters. The van der Waals surface area contributed by atoms with Gasteiger partial charge in [0.05, 0.1) is 6.61 Å². The van der Waals surface area contributed by atoms with E-state index in [4.69, 9.17) is 9.47 Å². The van der Waals surface area contributed by atoms with Gasteiger partial charge in [-0.2, -0.15) is 0 Å². The smallest absolute Gasteiger partial charge is 0.144 e. The quantitative estimate of drug-likeness (QED) is 0.567. The molecule has 2 rings (SSSR count). The number of benzene rings is 1. The highest BCUT2D eigenvalue weighted by Gasteiger charge is 2.17. The molecule has 20 heavy (non-hydrogen) atoms. The van der Waals surface area contributed by atoms with E-state index in [-0.39, 0.29) is 0 Å². The highest BCUT2D eigenvalue weighted by molar-refractivity contribution is 6.34. The second kappa shape index (κ2) is 7.70. The first-order valence-corrected chi connectivity index (χ1v) is 7.59. The maximum absolute atomic E-state index is 5.79. The average Bonchev–Trinajstić information content (AvgIpc) is 2.45. The summed E-state index contributed by atoms with van der Waals surface area (Å²) < 4.78 is 10.8. The molecule has 0 spiro atoms. The lowest BCUT2D eigenvalue weighted by Crippen LogP contribution is -2.31. The molecule has 0 saturated carbocycles. The summed E-state index contributed by atoms with van der Waals surface area (Å²) in [7, 11) is 6.01. The fourth-order valence-corrected chi connectivity index (χ4v) is 2.76. The molecule has 0 radical (unpaired) electrons. The molecule has 0 N–H and O–H groups in total. The summed E-state index contributed by atoms with van der Waals surface area (Å²) in [6.07, 6.45) is 3.79. The summed E-state index contributed by atoms with van der Waals surface area (Å²) in [6, 6.07) is 6.63. The van der Waals surface area contributed by atoms with Crippen LogP contribution in [0.3, 0.4) is 0 Å². The van der Waals surface area contributed by atoms with E-state index in [0.29, 0.717) is 13.2 Å². The van der Waals surface area contributed by atoms with Crippen molar-refractivity contribution in [1.82, 2.24) is 4.90 Å². The van der Waals surface area contributed by atoms with Crippen LogP contribution in [0, 0.1) is 5.92 Å². The van der Waals surface area contributed by atoms with E-state index in [1.807, 2.05) is 0 Å². The van der Waals surface area contributed by atoms with Crippen molar-refractivity contribution in [1.29, 1.82) is 0 Å². The second-order valence-corrected chi connectivity index (χ2v) is 5.89. The molecule has 0 aliphatic carbocycles. The minimum Gasteiger partial charge on any atom is -0.492 e. The third-order valence-corrected chi connectivity index (χ3v) is 4.16. The maximum atomic E-state index is 5.79. The Kier molecular flexibility index (Phi) is 5.93. The van der Waals surface area contributed by atoms with Gasteiger partial charge in [-0.15, -0.1) is 0 Å². The van der Waals surface area contributed by atoms with Crippen molar-refractivity contribution in [3.8, 4) is 5.75 Å². The number of methoxy groups -OCH3 is 1. The summed E-state index contributed by atoms with van der Waals surface area (Å²) >= 11 is 0. The van der Waals surface area contributed by atoms with Crippen molar-refractivity contribution < 1.29 is 9.47 Å². The van der Waals surface area contributed by atoms with E-state index in [1.54, 1.807) is 7.11 Å². The van der Waals surface area contributed by atoms with Gasteiger partial charge in [-0.3, -0.25) is 0 Å². The van der Waals surface area contributed by atoms with Crippen LogP contribution in [0.5, 0.6) is 5.75 Å². The molecule has 1 saturated heterocycles. The summed E-state index contributed by atoms with van der Waals surface area (Å²) in [4.78, 5) is 2.42. The Balaban J connectivity index is 1.92. The molecule has 1 aromatic carbocycles. The number of rotatable bonds is 6. The molecule has 3 nitrogen and oxygen atoms in total. The van der Waals surface area contributed by atoms with E-state index < -0.39 is 0 Å². The lowest BCUT2D eigenvalue weighted by Gasteiger charge is -2.29. The summed E-state index contributed by atoms with van der Waals surface area (Å²) in [6.45, 7) is 3.72. The van der Waals surface area contributed by atoms with Crippen LogP contribution in [0.25, 0.3) is 0 Å². The zero-order valence-electron chi connectivity index (χ0n) is 13.0. The molecule has 110 valence electrons.